The van der Waals surface area contributed by atoms with Crippen LogP contribution in [0, 0.1) is 6.92 Å². The third-order valence-corrected chi connectivity index (χ3v) is 3.37. The molecule has 0 unspecified atom stereocenters. The Morgan fingerprint density at radius 3 is 2.43 bits per heavy atom. The molecule has 0 atom stereocenters. The molecule has 0 radical (unpaired) electrons. The fourth-order valence-electron chi connectivity index (χ4n) is 1.70. The number of carbonyl (C=O) groups excluding carboxylic acids is 1. The van der Waals surface area contributed by atoms with Crippen molar-refractivity contribution < 1.29 is 4.79 Å². The number of rotatable bonds is 3. The first-order chi connectivity index (χ1) is 9.95. The van der Waals surface area contributed by atoms with Crippen molar-refractivity contribution in [1.82, 2.24) is 0 Å². The number of anilines is 2. The first-order valence-electron chi connectivity index (χ1n) is 6.20. The monoisotopic (exact) mass is 319 g/mol. The molecular formula is C15H14ClN3OS. The summed E-state index contributed by atoms with van der Waals surface area (Å²) in [6.45, 7) is 1.98. The molecule has 21 heavy (non-hydrogen) atoms. The SMILES string of the molecule is Cc1ccc(NC(=O)Nc2cc(C(N)=S)ccc2Cl)cc1. The van der Waals surface area contributed by atoms with E-state index in [1.54, 1.807) is 18.2 Å². The smallest absolute Gasteiger partial charge is 0.323 e. The van der Waals surface area contributed by atoms with Gasteiger partial charge in [-0.1, -0.05) is 47.6 Å². The molecule has 0 aliphatic rings. The van der Waals surface area contributed by atoms with E-state index in [0.29, 0.717) is 22.0 Å². The van der Waals surface area contributed by atoms with Gasteiger partial charge in [0.2, 0.25) is 0 Å². The molecule has 0 saturated heterocycles. The number of nitrogens with one attached hydrogen (secondary N) is 2. The zero-order valence-electron chi connectivity index (χ0n) is 11.3. The number of halogens is 1. The average molecular weight is 320 g/mol. The predicted octanol–water partition coefficient (Wildman–Crippen LogP) is 3.93. The van der Waals surface area contributed by atoms with Gasteiger partial charge in [-0.2, -0.15) is 0 Å². The van der Waals surface area contributed by atoms with Crippen LogP contribution in [0.2, 0.25) is 5.02 Å². The highest BCUT2D eigenvalue weighted by atomic mass is 35.5. The minimum Gasteiger partial charge on any atom is -0.389 e. The lowest BCUT2D eigenvalue weighted by Gasteiger charge is -2.10. The van der Waals surface area contributed by atoms with Crippen LogP contribution in [0.1, 0.15) is 11.1 Å². The van der Waals surface area contributed by atoms with Gasteiger partial charge in [0.1, 0.15) is 4.99 Å². The molecule has 2 aromatic rings. The van der Waals surface area contributed by atoms with Crippen LogP contribution in [0.25, 0.3) is 0 Å². The van der Waals surface area contributed by atoms with Crippen molar-refractivity contribution in [3.63, 3.8) is 0 Å². The topological polar surface area (TPSA) is 67.2 Å². The normalized spacial score (nSPS) is 10.0. The zero-order valence-corrected chi connectivity index (χ0v) is 12.9. The van der Waals surface area contributed by atoms with E-state index in [4.69, 9.17) is 29.6 Å². The summed E-state index contributed by atoms with van der Waals surface area (Å²) < 4.78 is 0. The van der Waals surface area contributed by atoms with Gasteiger partial charge in [-0.05, 0) is 31.2 Å². The van der Waals surface area contributed by atoms with Crippen molar-refractivity contribution in [2.24, 2.45) is 5.73 Å². The summed E-state index contributed by atoms with van der Waals surface area (Å²) in [5.74, 6) is 0. The average Bonchev–Trinajstić information content (AvgIpc) is 2.43. The van der Waals surface area contributed by atoms with E-state index in [0.717, 1.165) is 5.56 Å². The van der Waals surface area contributed by atoms with Gasteiger partial charge in [0.15, 0.2) is 0 Å². The molecule has 0 saturated carbocycles. The number of aryl methyl sites for hydroxylation is 1. The van der Waals surface area contributed by atoms with Crippen molar-refractivity contribution >= 4 is 46.2 Å². The molecule has 0 aliphatic carbocycles. The molecule has 4 nitrogen and oxygen atoms in total. The highest BCUT2D eigenvalue weighted by Crippen LogP contribution is 2.23. The Bertz CT molecular complexity index is 686. The summed E-state index contributed by atoms with van der Waals surface area (Å²) in [5, 5.41) is 5.80. The van der Waals surface area contributed by atoms with E-state index in [1.165, 1.54) is 0 Å². The van der Waals surface area contributed by atoms with Crippen molar-refractivity contribution in [3.05, 3.63) is 58.6 Å². The highest BCUT2D eigenvalue weighted by Gasteiger charge is 2.08. The van der Waals surface area contributed by atoms with Crippen LogP contribution in [-0.4, -0.2) is 11.0 Å². The number of carbonyl (C=O) groups is 1. The zero-order chi connectivity index (χ0) is 15.4. The number of urea groups is 1. The molecule has 2 aromatic carbocycles. The number of hydrogen-bond donors (Lipinski definition) is 3. The Morgan fingerprint density at radius 1 is 1.14 bits per heavy atom. The third kappa shape index (κ3) is 4.18. The first kappa shape index (κ1) is 15.3. The van der Waals surface area contributed by atoms with Gasteiger partial charge >= 0.3 is 6.03 Å². The maximum Gasteiger partial charge on any atom is 0.323 e. The second-order valence-electron chi connectivity index (χ2n) is 4.50. The second-order valence-corrected chi connectivity index (χ2v) is 5.35. The largest absolute Gasteiger partial charge is 0.389 e. The van der Waals surface area contributed by atoms with Gasteiger partial charge < -0.3 is 16.4 Å². The number of hydrogen-bond acceptors (Lipinski definition) is 2. The van der Waals surface area contributed by atoms with E-state index in [2.05, 4.69) is 10.6 Å². The summed E-state index contributed by atoms with van der Waals surface area (Å²) >= 11 is 10.9. The van der Waals surface area contributed by atoms with E-state index < -0.39 is 0 Å². The first-order valence-corrected chi connectivity index (χ1v) is 6.98. The number of nitrogens with two attached hydrogens (primary N) is 1. The summed E-state index contributed by atoms with van der Waals surface area (Å²) in [6.07, 6.45) is 0. The molecule has 0 fully saturated rings. The molecule has 0 bridgehead atoms. The molecular weight excluding hydrogens is 306 g/mol. The van der Waals surface area contributed by atoms with Crippen LogP contribution < -0.4 is 16.4 Å². The van der Waals surface area contributed by atoms with Gasteiger partial charge in [0.05, 0.1) is 10.7 Å². The summed E-state index contributed by atoms with van der Waals surface area (Å²) in [4.78, 5) is 12.2. The second kappa shape index (κ2) is 6.56. The fraction of sp³-hybridized carbons (Fsp3) is 0.0667. The number of amides is 2. The van der Waals surface area contributed by atoms with Gasteiger partial charge in [-0.25, -0.2) is 4.79 Å². The number of benzene rings is 2. The molecule has 0 spiro atoms. The van der Waals surface area contributed by atoms with Gasteiger partial charge in [0.25, 0.3) is 0 Å². The van der Waals surface area contributed by atoms with Crippen LogP contribution in [0.3, 0.4) is 0 Å². The Morgan fingerprint density at radius 2 is 1.81 bits per heavy atom. The quantitative estimate of drug-likeness (QED) is 0.751. The Labute approximate surface area is 133 Å². The van der Waals surface area contributed by atoms with Gasteiger partial charge in [-0.3, -0.25) is 0 Å². The van der Waals surface area contributed by atoms with Gasteiger partial charge in [-0.15, -0.1) is 0 Å². The standard InChI is InChI=1S/C15H14ClN3OS/c1-9-2-5-11(6-3-9)18-15(20)19-13-8-10(14(17)21)4-7-12(13)16/h2-8H,1H3,(H2,17,21)(H2,18,19,20). The number of thiocarbonyl (C=S) groups is 1. The molecule has 2 rings (SSSR count). The lowest BCUT2D eigenvalue weighted by molar-refractivity contribution is 0.262. The fourth-order valence-corrected chi connectivity index (χ4v) is 1.99. The van der Waals surface area contributed by atoms with E-state index in [9.17, 15) is 4.79 Å². The van der Waals surface area contributed by atoms with E-state index >= 15 is 0 Å². The van der Waals surface area contributed by atoms with Crippen LogP contribution >= 0.6 is 23.8 Å². The maximum absolute atomic E-state index is 12.0. The Balaban J connectivity index is 2.10. The molecule has 108 valence electrons. The van der Waals surface area contributed by atoms with Crippen molar-refractivity contribution in [3.8, 4) is 0 Å². The minimum atomic E-state index is -0.388. The van der Waals surface area contributed by atoms with Crippen LogP contribution in [-0.2, 0) is 0 Å². The molecule has 0 aliphatic heterocycles. The lowest BCUT2D eigenvalue weighted by atomic mass is 10.2. The molecule has 0 aromatic heterocycles. The third-order valence-electron chi connectivity index (χ3n) is 2.81. The Hall–Kier alpha value is -2.11. The van der Waals surface area contributed by atoms with Crippen LogP contribution in [0.4, 0.5) is 16.2 Å². The predicted molar refractivity (Wildman–Crippen MR) is 91.2 cm³/mol. The van der Waals surface area contributed by atoms with Crippen molar-refractivity contribution in [2.45, 2.75) is 6.92 Å². The van der Waals surface area contributed by atoms with E-state index in [-0.39, 0.29) is 11.0 Å². The highest BCUT2D eigenvalue weighted by molar-refractivity contribution is 7.80. The molecule has 2 amide bonds. The molecule has 0 heterocycles. The van der Waals surface area contributed by atoms with Crippen LogP contribution in [0.15, 0.2) is 42.5 Å². The Kier molecular flexibility index (Phi) is 4.77. The summed E-state index contributed by atoms with van der Waals surface area (Å²) in [7, 11) is 0. The molecule has 6 heteroatoms. The summed E-state index contributed by atoms with van der Waals surface area (Å²) in [5.41, 5.74) is 8.46. The lowest BCUT2D eigenvalue weighted by Crippen LogP contribution is -2.20. The van der Waals surface area contributed by atoms with Crippen LogP contribution in [0.5, 0.6) is 0 Å². The van der Waals surface area contributed by atoms with Crippen molar-refractivity contribution in [2.75, 3.05) is 10.6 Å². The van der Waals surface area contributed by atoms with Gasteiger partial charge in [0, 0.05) is 11.3 Å². The summed E-state index contributed by atoms with van der Waals surface area (Å²) in [6, 6.07) is 12.1. The maximum atomic E-state index is 12.0. The molecule has 4 N–H and O–H groups in total. The minimum absolute atomic E-state index is 0.244. The van der Waals surface area contributed by atoms with E-state index in [1.807, 2.05) is 31.2 Å². The van der Waals surface area contributed by atoms with Crippen molar-refractivity contribution in [1.29, 1.82) is 0 Å².